The van der Waals surface area contributed by atoms with Crippen molar-refractivity contribution in [3.8, 4) is 0 Å². The van der Waals surface area contributed by atoms with Crippen molar-refractivity contribution in [2.45, 2.75) is 32.2 Å². The lowest BCUT2D eigenvalue weighted by Gasteiger charge is -2.21. The predicted molar refractivity (Wildman–Crippen MR) is 70.4 cm³/mol. The molecule has 2 unspecified atom stereocenters. The summed E-state index contributed by atoms with van der Waals surface area (Å²) in [6, 6.07) is 0.0974. The zero-order valence-corrected chi connectivity index (χ0v) is 11.9. The molecule has 106 valence electrons. The molecule has 2 atom stereocenters. The molecule has 18 heavy (non-hydrogen) atoms. The van der Waals surface area contributed by atoms with E-state index < -0.39 is 10.0 Å². The molecule has 0 aromatic rings. The largest absolute Gasteiger partial charge is 0.352 e. The van der Waals surface area contributed by atoms with Gasteiger partial charge in [-0.25, -0.2) is 8.42 Å². The molecule has 0 bridgehead atoms. The van der Waals surface area contributed by atoms with Gasteiger partial charge in [0.05, 0.1) is 12.3 Å². The molecule has 1 fully saturated rings. The number of nitrogens with two attached hydrogens (primary N) is 1. The zero-order chi connectivity index (χ0) is 13.8. The quantitative estimate of drug-likeness (QED) is 0.685. The fourth-order valence-electron chi connectivity index (χ4n) is 2.28. The van der Waals surface area contributed by atoms with Crippen LogP contribution in [0.1, 0.15) is 26.2 Å². The Bertz CT molecular complexity index is 383. The summed E-state index contributed by atoms with van der Waals surface area (Å²) in [5.74, 6) is 0.0768. The SMILES string of the molecule is CCS(=O)(=O)N(C)CC(=O)NC1CCCC1CN. The van der Waals surface area contributed by atoms with E-state index in [0.29, 0.717) is 12.5 Å². The molecule has 1 saturated carbocycles. The molecule has 1 amide bonds. The van der Waals surface area contributed by atoms with Crippen LogP contribution < -0.4 is 11.1 Å². The molecule has 0 radical (unpaired) electrons. The molecule has 0 saturated heterocycles. The number of likely N-dealkylation sites (N-methyl/N-ethyl adjacent to an activating group) is 1. The normalized spacial score (nSPS) is 24.4. The van der Waals surface area contributed by atoms with Crippen LogP contribution in [-0.4, -0.2) is 50.6 Å². The summed E-state index contributed by atoms with van der Waals surface area (Å²) in [6.45, 7) is 2.00. The molecule has 1 aliphatic carbocycles. The number of nitrogens with one attached hydrogen (secondary N) is 1. The summed E-state index contributed by atoms with van der Waals surface area (Å²) in [7, 11) is -1.87. The number of sulfonamides is 1. The minimum atomic E-state index is -3.30. The van der Waals surface area contributed by atoms with Crippen LogP contribution in [0.15, 0.2) is 0 Å². The van der Waals surface area contributed by atoms with E-state index in [2.05, 4.69) is 5.32 Å². The van der Waals surface area contributed by atoms with Gasteiger partial charge in [0.2, 0.25) is 15.9 Å². The Kier molecular flexibility index (Phi) is 5.55. The predicted octanol–water partition coefficient (Wildman–Crippen LogP) is -0.488. The Balaban J connectivity index is 2.47. The van der Waals surface area contributed by atoms with Gasteiger partial charge >= 0.3 is 0 Å². The van der Waals surface area contributed by atoms with Crippen LogP contribution in [0.4, 0.5) is 0 Å². The van der Waals surface area contributed by atoms with E-state index in [4.69, 9.17) is 5.73 Å². The Labute approximate surface area is 109 Å². The molecule has 7 heteroatoms. The van der Waals surface area contributed by atoms with Crippen molar-refractivity contribution < 1.29 is 13.2 Å². The van der Waals surface area contributed by atoms with Gasteiger partial charge in [0.1, 0.15) is 0 Å². The minimum absolute atomic E-state index is 0.00559. The Hall–Kier alpha value is -0.660. The average molecular weight is 277 g/mol. The molecule has 0 aromatic carbocycles. The molecule has 6 nitrogen and oxygen atoms in total. The van der Waals surface area contributed by atoms with Crippen LogP contribution in [0.2, 0.25) is 0 Å². The second-order valence-electron chi connectivity index (χ2n) is 4.76. The third-order valence-corrected chi connectivity index (χ3v) is 5.32. The molecule has 0 heterocycles. The van der Waals surface area contributed by atoms with Crippen LogP contribution in [0, 0.1) is 5.92 Å². The van der Waals surface area contributed by atoms with E-state index in [1.54, 1.807) is 6.92 Å². The second kappa shape index (κ2) is 6.49. The third-order valence-electron chi connectivity index (χ3n) is 3.51. The lowest BCUT2D eigenvalue weighted by atomic mass is 10.0. The first-order chi connectivity index (χ1) is 8.40. The highest BCUT2D eigenvalue weighted by Crippen LogP contribution is 2.24. The summed E-state index contributed by atoms with van der Waals surface area (Å²) in [6.07, 6.45) is 3.03. The van der Waals surface area contributed by atoms with Crippen molar-refractivity contribution in [1.29, 1.82) is 0 Å². The van der Waals surface area contributed by atoms with Gasteiger partial charge in [-0.1, -0.05) is 6.42 Å². The maximum atomic E-state index is 11.8. The highest BCUT2D eigenvalue weighted by atomic mass is 32.2. The maximum absolute atomic E-state index is 11.8. The standard InChI is InChI=1S/C11H23N3O3S/c1-3-18(16,17)14(2)8-11(15)13-10-6-4-5-9(10)7-12/h9-10H,3-8,12H2,1-2H3,(H,13,15). The molecule has 0 spiro atoms. The monoisotopic (exact) mass is 277 g/mol. The molecule has 1 aliphatic rings. The first kappa shape index (κ1) is 15.4. The first-order valence-electron chi connectivity index (χ1n) is 6.34. The van der Waals surface area contributed by atoms with Gasteiger partial charge in [-0.2, -0.15) is 4.31 Å². The van der Waals surface area contributed by atoms with Gasteiger partial charge in [0.25, 0.3) is 0 Å². The number of hydrogen-bond donors (Lipinski definition) is 2. The van der Waals surface area contributed by atoms with E-state index in [0.717, 1.165) is 23.6 Å². The Morgan fingerprint density at radius 2 is 2.11 bits per heavy atom. The second-order valence-corrected chi connectivity index (χ2v) is 7.12. The molecular formula is C11H23N3O3S. The van der Waals surface area contributed by atoms with Crippen molar-refractivity contribution in [3.63, 3.8) is 0 Å². The maximum Gasteiger partial charge on any atom is 0.235 e. The molecule has 0 aromatic heterocycles. The number of rotatable bonds is 6. The number of carbonyl (C=O) groups is 1. The average Bonchev–Trinajstić information content (AvgIpc) is 2.75. The van der Waals surface area contributed by atoms with Crippen LogP contribution >= 0.6 is 0 Å². The number of carbonyl (C=O) groups excluding carboxylic acids is 1. The summed E-state index contributed by atoms with van der Waals surface area (Å²) >= 11 is 0. The fraction of sp³-hybridized carbons (Fsp3) is 0.909. The van der Waals surface area contributed by atoms with Crippen LogP contribution in [0.3, 0.4) is 0 Å². The van der Waals surface area contributed by atoms with Gasteiger partial charge in [-0.3, -0.25) is 4.79 Å². The van der Waals surface area contributed by atoms with Crippen molar-refractivity contribution in [2.24, 2.45) is 11.7 Å². The van der Waals surface area contributed by atoms with E-state index in [-0.39, 0.29) is 24.2 Å². The van der Waals surface area contributed by atoms with Crippen LogP contribution in [0.5, 0.6) is 0 Å². The highest BCUT2D eigenvalue weighted by molar-refractivity contribution is 7.89. The van der Waals surface area contributed by atoms with Crippen molar-refractivity contribution >= 4 is 15.9 Å². The van der Waals surface area contributed by atoms with Crippen molar-refractivity contribution in [3.05, 3.63) is 0 Å². The summed E-state index contributed by atoms with van der Waals surface area (Å²) in [4.78, 5) is 11.8. The smallest absolute Gasteiger partial charge is 0.235 e. The van der Waals surface area contributed by atoms with E-state index in [1.807, 2.05) is 0 Å². The van der Waals surface area contributed by atoms with Crippen molar-refractivity contribution in [1.82, 2.24) is 9.62 Å². The first-order valence-corrected chi connectivity index (χ1v) is 7.95. The van der Waals surface area contributed by atoms with E-state index >= 15 is 0 Å². The van der Waals surface area contributed by atoms with Gasteiger partial charge in [0, 0.05) is 13.1 Å². The molecule has 1 rings (SSSR count). The molecule has 0 aliphatic heterocycles. The number of nitrogens with zero attached hydrogens (tertiary/aromatic N) is 1. The zero-order valence-electron chi connectivity index (χ0n) is 11.1. The lowest BCUT2D eigenvalue weighted by Crippen LogP contribution is -2.45. The van der Waals surface area contributed by atoms with Gasteiger partial charge in [0.15, 0.2) is 0 Å². The van der Waals surface area contributed by atoms with E-state index in [1.165, 1.54) is 7.05 Å². The summed E-state index contributed by atoms with van der Waals surface area (Å²) in [5, 5.41) is 2.88. The molecular weight excluding hydrogens is 254 g/mol. The van der Waals surface area contributed by atoms with Crippen molar-refractivity contribution in [2.75, 3.05) is 25.9 Å². The highest BCUT2D eigenvalue weighted by Gasteiger charge is 2.28. The van der Waals surface area contributed by atoms with Crippen LogP contribution in [0.25, 0.3) is 0 Å². The van der Waals surface area contributed by atoms with Gasteiger partial charge in [-0.15, -0.1) is 0 Å². The minimum Gasteiger partial charge on any atom is -0.352 e. The van der Waals surface area contributed by atoms with Gasteiger partial charge in [-0.05, 0) is 32.2 Å². The fourth-order valence-corrected chi connectivity index (χ4v) is 3.04. The Morgan fingerprint density at radius 1 is 1.44 bits per heavy atom. The molecule has 3 N–H and O–H groups in total. The summed E-state index contributed by atoms with van der Waals surface area (Å²) < 4.78 is 24.1. The van der Waals surface area contributed by atoms with Gasteiger partial charge < -0.3 is 11.1 Å². The number of hydrogen-bond acceptors (Lipinski definition) is 4. The lowest BCUT2D eigenvalue weighted by molar-refractivity contribution is -0.122. The van der Waals surface area contributed by atoms with Crippen LogP contribution in [-0.2, 0) is 14.8 Å². The third kappa shape index (κ3) is 3.93. The summed E-state index contributed by atoms with van der Waals surface area (Å²) in [5.41, 5.74) is 5.63. The Morgan fingerprint density at radius 3 is 2.67 bits per heavy atom. The van der Waals surface area contributed by atoms with E-state index in [9.17, 15) is 13.2 Å². The topological polar surface area (TPSA) is 92.5 Å². The number of amides is 1.